The maximum Gasteiger partial charge on any atom is 0.269 e. The topological polar surface area (TPSA) is 69.2 Å². The quantitative estimate of drug-likeness (QED) is 0.752. The van der Waals surface area contributed by atoms with Crippen molar-refractivity contribution in [1.29, 1.82) is 0 Å². The molecule has 3 aromatic rings. The third kappa shape index (κ3) is 2.31. The van der Waals surface area contributed by atoms with Crippen molar-refractivity contribution in [1.82, 2.24) is 19.5 Å². The van der Waals surface area contributed by atoms with Crippen LogP contribution in [0, 0.1) is 13.5 Å². The highest BCUT2D eigenvalue weighted by atomic mass is 16.5. The first-order valence-corrected chi connectivity index (χ1v) is 6.64. The summed E-state index contributed by atoms with van der Waals surface area (Å²) in [6.45, 7) is 8.84. The molecule has 3 heterocycles. The molecule has 0 radical (unpaired) electrons. The molecule has 22 heavy (non-hydrogen) atoms. The maximum absolute atomic E-state index is 6.97. The number of nitrogens with one attached hydrogen (secondary N) is 1. The van der Waals surface area contributed by atoms with Crippen LogP contribution in [-0.4, -0.2) is 26.6 Å². The zero-order valence-corrected chi connectivity index (χ0v) is 12.5. The van der Waals surface area contributed by atoms with Crippen molar-refractivity contribution < 1.29 is 4.74 Å². The summed E-state index contributed by atoms with van der Waals surface area (Å²) in [5.74, 6) is 1.36. The fourth-order valence-electron chi connectivity index (χ4n) is 2.13. The van der Waals surface area contributed by atoms with Gasteiger partial charge in [-0.1, -0.05) is 6.57 Å². The number of rotatable bonds is 3. The zero-order valence-electron chi connectivity index (χ0n) is 12.5. The average Bonchev–Trinajstić information content (AvgIpc) is 2.90. The van der Waals surface area contributed by atoms with Crippen LogP contribution in [0.2, 0.25) is 0 Å². The van der Waals surface area contributed by atoms with Gasteiger partial charge in [-0.05, 0) is 18.6 Å². The van der Waals surface area contributed by atoms with Gasteiger partial charge in [-0.25, -0.2) is 4.98 Å². The Kier molecular flexibility index (Phi) is 3.35. The number of anilines is 1. The van der Waals surface area contributed by atoms with E-state index in [1.807, 2.05) is 25.6 Å². The summed E-state index contributed by atoms with van der Waals surface area (Å²) in [6, 6.07) is 3.47. The molecule has 0 aliphatic heterocycles. The van der Waals surface area contributed by atoms with Crippen molar-refractivity contribution in [3.63, 3.8) is 0 Å². The number of imidazole rings is 1. The van der Waals surface area contributed by atoms with Crippen LogP contribution >= 0.6 is 0 Å². The molecule has 0 aliphatic carbocycles. The molecule has 110 valence electrons. The standard InChI is InChI=1S/C15H14N6O/c1-9-5-12(17-3)18-7-11(9)22-13-6-10(16-2)14-15(20-13)21(4)8-19-14/h5-8H,1-2,4H3,(H,16,20). The number of hydrogen-bond acceptors (Lipinski definition) is 5. The number of fused-ring (bicyclic) bond motifs is 1. The van der Waals surface area contributed by atoms with E-state index in [-0.39, 0.29) is 0 Å². The summed E-state index contributed by atoms with van der Waals surface area (Å²) in [5.41, 5.74) is 3.18. The minimum Gasteiger partial charge on any atom is -0.435 e. The van der Waals surface area contributed by atoms with Gasteiger partial charge in [-0.2, -0.15) is 4.98 Å². The molecule has 7 heteroatoms. The van der Waals surface area contributed by atoms with Gasteiger partial charge in [0.1, 0.15) is 5.52 Å². The van der Waals surface area contributed by atoms with Crippen LogP contribution in [0.15, 0.2) is 24.7 Å². The molecule has 0 spiro atoms. The van der Waals surface area contributed by atoms with Crippen LogP contribution in [0.25, 0.3) is 16.0 Å². The second-order valence-electron chi connectivity index (χ2n) is 4.81. The molecule has 0 atom stereocenters. The van der Waals surface area contributed by atoms with Crippen LogP contribution in [0.1, 0.15) is 5.56 Å². The average molecular weight is 294 g/mol. The lowest BCUT2D eigenvalue weighted by atomic mass is 10.2. The van der Waals surface area contributed by atoms with Crippen molar-refractivity contribution in [2.45, 2.75) is 6.92 Å². The second-order valence-corrected chi connectivity index (χ2v) is 4.81. The number of hydrogen-bond donors (Lipinski definition) is 1. The first-order chi connectivity index (χ1) is 10.6. The van der Waals surface area contributed by atoms with Crippen molar-refractivity contribution >= 4 is 22.7 Å². The van der Waals surface area contributed by atoms with E-state index in [4.69, 9.17) is 11.3 Å². The number of ether oxygens (including phenoxy) is 1. The Labute approximate surface area is 127 Å². The van der Waals surface area contributed by atoms with Crippen molar-refractivity contribution in [2.24, 2.45) is 7.05 Å². The van der Waals surface area contributed by atoms with Gasteiger partial charge in [0.25, 0.3) is 5.82 Å². The van der Waals surface area contributed by atoms with E-state index in [0.29, 0.717) is 17.4 Å². The minimum absolute atomic E-state index is 0.343. The Morgan fingerprint density at radius 1 is 1.32 bits per heavy atom. The monoisotopic (exact) mass is 294 g/mol. The molecule has 0 unspecified atom stereocenters. The van der Waals surface area contributed by atoms with Crippen LogP contribution in [-0.2, 0) is 7.05 Å². The molecule has 0 amide bonds. The summed E-state index contributed by atoms with van der Waals surface area (Å²) in [7, 11) is 3.70. The van der Waals surface area contributed by atoms with Crippen molar-refractivity contribution in [3.05, 3.63) is 41.6 Å². The lowest BCUT2D eigenvalue weighted by Gasteiger charge is -2.09. The van der Waals surface area contributed by atoms with Gasteiger partial charge in [0.2, 0.25) is 5.88 Å². The molecule has 0 bridgehead atoms. The number of nitrogens with zero attached hydrogens (tertiary/aromatic N) is 5. The summed E-state index contributed by atoms with van der Waals surface area (Å²) in [4.78, 5) is 16.1. The summed E-state index contributed by atoms with van der Waals surface area (Å²) < 4.78 is 7.66. The van der Waals surface area contributed by atoms with E-state index in [1.165, 1.54) is 6.20 Å². The molecule has 3 aromatic heterocycles. The lowest BCUT2D eigenvalue weighted by molar-refractivity contribution is 0.459. The smallest absolute Gasteiger partial charge is 0.269 e. The molecule has 0 aromatic carbocycles. The molecule has 0 saturated heterocycles. The predicted molar refractivity (Wildman–Crippen MR) is 83.4 cm³/mol. The first kappa shape index (κ1) is 13.8. The fourth-order valence-corrected chi connectivity index (χ4v) is 2.13. The Morgan fingerprint density at radius 2 is 2.14 bits per heavy atom. The van der Waals surface area contributed by atoms with Crippen molar-refractivity contribution in [2.75, 3.05) is 12.4 Å². The molecule has 0 aliphatic rings. The fraction of sp³-hybridized carbons (Fsp3) is 0.200. The summed E-state index contributed by atoms with van der Waals surface area (Å²) in [5, 5.41) is 3.09. The van der Waals surface area contributed by atoms with E-state index in [9.17, 15) is 0 Å². The highest BCUT2D eigenvalue weighted by molar-refractivity contribution is 5.86. The lowest BCUT2D eigenvalue weighted by Crippen LogP contribution is -1.97. The van der Waals surface area contributed by atoms with Gasteiger partial charge in [0, 0.05) is 20.2 Å². The van der Waals surface area contributed by atoms with Crippen LogP contribution < -0.4 is 10.1 Å². The highest BCUT2D eigenvalue weighted by Gasteiger charge is 2.12. The highest BCUT2D eigenvalue weighted by Crippen LogP contribution is 2.30. The van der Waals surface area contributed by atoms with E-state index in [0.717, 1.165) is 22.4 Å². The summed E-state index contributed by atoms with van der Waals surface area (Å²) in [6.07, 6.45) is 3.25. The molecule has 1 N–H and O–H groups in total. The van der Waals surface area contributed by atoms with Gasteiger partial charge < -0.3 is 19.5 Å². The SMILES string of the molecule is [C-]#[N+]c1cc(C)c(Oc2cc(NC)c3ncn(C)c3n2)cn1. The maximum atomic E-state index is 6.97. The van der Waals surface area contributed by atoms with Gasteiger partial charge in [0.15, 0.2) is 17.6 Å². The third-order valence-corrected chi connectivity index (χ3v) is 3.29. The second kappa shape index (κ2) is 5.33. The van der Waals surface area contributed by atoms with E-state index in [1.54, 1.807) is 18.5 Å². The zero-order chi connectivity index (χ0) is 15.7. The molecule has 0 saturated carbocycles. The predicted octanol–water partition coefficient (Wildman–Crippen LogP) is 3.06. The van der Waals surface area contributed by atoms with E-state index < -0.39 is 0 Å². The molecule has 7 nitrogen and oxygen atoms in total. The Hall–Kier alpha value is -3.14. The van der Waals surface area contributed by atoms with Gasteiger partial charge in [-0.15, -0.1) is 4.98 Å². The van der Waals surface area contributed by atoms with Crippen LogP contribution in [0.4, 0.5) is 11.5 Å². The number of aryl methyl sites for hydroxylation is 2. The van der Waals surface area contributed by atoms with E-state index >= 15 is 0 Å². The van der Waals surface area contributed by atoms with Crippen molar-refractivity contribution in [3.8, 4) is 11.6 Å². The van der Waals surface area contributed by atoms with Gasteiger partial charge in [-0.3, -0.25) is 0 Å². The molecular formula is C15H14N6O. The number of pyridine rings is 2. The van der Waals surface area contributed by atoms with Gasteiger partial charge >= 0.3 is 0 Å². The largest absolute Gasteiger partial charge is 0.435 e. The van der Waals surface area contributed by atoms with Crippen LogP contribution in [0.3, 0.4) is 0 Å². The van der Waals surface area contributed by atoms with E-state index in [2.05, 4.69) is 25.1 Å². The normalized spacial score (nSPS) is 10.5. The van der Waals surface area contributed by atoms with Gasteiger partial charge in [0.05, 0.1) is 12.0 Å². The third-order valence-electron chi connectivity index (χ3n) is 3.29. The minimum atomic E-state index is 0.343. The first-order valence-electron chi connectivity index (χ1n) is 6.64. The molecule has 3 rings (SSSR count). The summed E-state index contributed by atoms with van der Waals surface area (Å²) >= 11 is 0. The molecular weight excluding hydrogens is 280 g/mol. The Morgan fingerprint density at radius 3 is 2.82 bits per heavy atom. The van der Waals surface area contributed by atoms with Crippen LogP contribution in [0.5, 0.6) is 11.6 Å². The molecule has 0 fully saturated rings. The Balaban J connectivity index is 2.04. The number of aromatic nitrogens is 4. The Bertz CT molecular complexity index is 893.